The highest BCUT2D eigenvalue weighted by atomic mass is 19.4. The van der Waals surface area contributed by atoms with Crippen molar-refractivity contribution in [3.63, 3.8) is 0 Å². The fourth-order valence-electron chi connectivity index (χ4n) is 2.90. The van der Waals surface area contributed by atoms with Gasteiger partial charge in [-0.1, -0.05) is 48.5 Å². The maximum absolute atomic E-state index is 14.1. The fourth-order valence-corrected chi connectivity index (χ4v) is 2.90. The predicted molar refractivity (Wildman–Crippen MR) is 93.2 cm³/mol. The summed E-state index contributed by atoms with van der Waals surface area (Å²) in [7, 11) is 1.52. The molecule has 0 saturated carbocycles. The van der Waals surface area contributed by atoms with Crippen molar-refractivity contribution in [2.24, 2.45) is 0 Å². The van der Waals surface area contributed by atoms with Gasteiger partial charge in [-0.25, -0.2) is 9.59 Å². The highest BCUT2D eigenvalue weighted by Gasteiger charge is 2.76. The van der Waals surface area contributed by atoms with Crippen LogP contribution in [0, 0.1) is 0 Å². The molecule has 2 N–H and O–H groups in total. The van der Waals surface area contributed by atoms with Gasteiger partial charge < -0.3 is 19.9 Å². The quantitative estimate of drug-likeness (QED) is 0.729. The molecule has 2 rings (SSSR count). The van der Waals surface area contributed by atoms with Gasteiger partial charge in [-0.3, -0.25) is 0 Å². The number of ether oxygens (including phenoxy) is 2. The Bertz CT molecular complexity index is 828. The van der Waals surface area contributed by atoms with E-state index in [1.807, 2.05) is 0 Å². The zero-order valence-electron chi connectivity index (χ0n) is 15.0. The number of carbonyl (C=O) groups is 2. The van der Waals surface area contributed by atoms with Crippen LogP contribution in [-0.4, -0.2) is 43.0 Å². The zero-order valence-corrected chi connectivity index (χ0v) is 15.0. The normalized spacial score (nSPS) is 15.6. The Kier molecular flexibility index (Phi) is 5.98. The molecule has 0 fully saturated rings. The van der Waals surface area contributed by atoms with Crippen molar-refractivity contribution in [2.75, 3.05) is 19.5 Å². The molecule has 28 heavy (non-hydrogen) atoms. The summed E-state index contributed by atoms with van der Waals surface area (Å²) >= 11 is 0. The number of alkyl halides is 3. The monoisotopic (exact) mass is 397 g/mol. The van der Waals surface area contributed by atoms with Crippen LogP contribution in [0.15, 0.2) is 60.7 Å². The molecule has 0 aromatic heterocycles. The number of hydrogen-bond donors (Lipinski definition) is 2. The van der Waals surface area contributed by atoms with Gasteiger partial charge in [0.15, 0.2) is 0 Å². The first kappa shape index (κ1) is 21.2. The largest absolute Gasteiger partial charge is 0.467 e. The van der Waals surface area contributed by atoms with Crippen LogP contribution in [0.5, 0.6) is 0 Å². The van der Waals surface area contributed by atoms with Crippen LogP contribution in [0.4, 0.5) is 18.9 Å². The van der Waals surface area contributed by atoms with E-state index in [1.54, 1.807) is 6.07 Å². The Hall–Kier alpha value is -3.07. The minimum atomic E-state index is -5.61. The molecule has 0 amide bonds. The highest BCUT2D eigenvalue weighted by Crippen LogP contribution is 2.47. The van der Waals surface area contributed by atoms with Crippen molar-refractivity contribution in [1.82, 2.24) is 0 Å². The molecule has 0 unspecified atom stereocenters. The maximum atomic E-state index is 14.1. The molecule has 9 heteroatoms. The molecule has 0 spiro atoms. The number of hydrogen-bond acceptors (Lipinski definition) is 6. The summed E-state index contributed by atoms with van der Waals surface area (Å²) in [5, 5.41) is 13.2. The van der Waals surface area contributed by atoms with Gasteiger partial charge in [-0.05, 0) is 17.7 Å². The number of methoxy groups -OCH3 is 2. The second kappa shape index (κ2) is 7.89. The Morgan fingerprint density at radius 2 is 1.32 bits per heavy atom. The number of para-hydroxylation sites is 1. The number of benzene rings is 2. The van der Waals surface area contributed by atoms with Crippen molar-refractivity contribution in [3.05, 3.63) is 66.2 Å². The van der Waals surface area contributed by atoms with Crippen molar-refractivity contribution in [1.29, 1.82) is 0 Å². The highest BCUT2D eigenvalue weighted by molar-refractivity contribution is 5.97. The summed E-state index contributed by atoms with van der Waals surface area (Å²) in [4.78, 5) is 25.1. The number of halogens is 3. The number of nitrogens with one attached hydrogen (secondary N) is 1. The third-order valence-corrected chi connectivity index (χ3v) is 4.24. The lowest BCUT2D eigenvalue weighted by molar-refractivity contribution is -0.280. The van der Waals surface area contributed by atoms with Gasteiger partial charge in [0.1, 0.15) is 0 Å². The van der Waals surface area contributed by atoms with E-state index in [9.17, 15) is 27.9 Å². The second-order valence-electron chi connectivity index (χ2n) is 5.80. The van der Waals surface area contributed by atoms with Gasteiger partial charge in [-0.2, -0.15) is 13.2 Å². The van der Waals surface area contributed by atoms with Crippen LogP contribution >= 0.6 is 0 Å². The lowest BCUT2D eigenvalue weighted by atomic mass is 9.73. The average molecular weight is 397 g/mol. The van der Waals surface area contributed by atoms with Crippen molar-refractivity contribution in [3.8, 4) is 0 Å². The molecule has 0 aliphatic heterocycles. The summed E-state index contributed by atoms with van der Waals surface area (Å²) in [6.45, 7) is 0. The van der Waals surface area contributed by atoms with Crippen LogP contribution in [0.1, 0.15) is 5.56 Å². The molecular formula is C19H18F3NO5. The predicted octanol–water partition coefficient (Wildman–Crippen LogP) is 2.63. The number of rotatable bonds is 6. The van der Waals surface area contributed by atoms with Gasteiger partial charge in [0.2, 0.25) is 5.54 Å². The van der Waals surface area contributed by atoms with Crippen molar-refractivity contribution < 1.29 is 37.3 Å². The summed E-state index contributed by atoms with van der Waals surface area (Å²) < 4.78 is 51.2. The first-order chi connectivity index (χ1) is 13.1. The lowest BCUT2D eigenvalue weighted by Gasteiger charge is -2.44. The van der Waals surface area contributed by atoms with E-state index in [0.717, 1.165) is 19.2 Å². The van der Waals surface area contributed by atoms with E-state index in [1.165, 1.54) is 42.5 Å². The molecule has 0 saturated heterocycles. The molecule has 2 aromatic rings. The number of esters is 2. The Labute approximate surface area is 158 Å². The smallest absolute Gasteiger partial charge is 0.431 e. The van der Waals surface area contributed by atoms with Gasteiger partial charge in [-0.15, -0.1) is 0 Å². The number of carbonyl (C=O) groups excluding carboxylic acids is 2. The van der Waals surface area contributed by atoms with Crippen LogP contribution in [-0.2, 0) is 24.6 Å². The Morgan fingerprint density at radius 1 is 0.857 bits per heavy atom. The average Bonchev–Trinajstić information content (AvgIpc) is 2.70. The van der Waals surface area contributed by atoms with Crippen molar-refractivity contribution in [2.45, 2.75) is 17.3 Å². The molecule has 6 nitrogen and oxygen atoms in total. The second-order valence-corrected chi connectivity index (χ2v) is 5.80. The third-order valence-electron chi connectivity index (χ3n) is 4.24. The summed E-state index contributed by atoms with van der Waals surface area (Å²) in [5.41, 5.74) is -7.71. The molecular weight excluding hydrogens is 379 g/mol. The van der Waals surface area contributed by atoms with Crippen LogP contribution in [0.25, 0.3) is 0 Å². The number of aliphatic hydroxyl groups is 1. The maximum Gasteiger partial charge on any atom is 0.431 e. The molecule has 0 bridgehead atoms. The molecule has 0 radical (unpaired) electrons. The third kappa shape index (κ3) is 3.29. The van der Waals surface area contributed by atoms with E-state index >= 15 is 0 Å². The van der Waals surface area contributed by atoms with Gasteiger partial charge >= 0.3 is 18.1 Å². The van der Waals surface area contributed by atoms with E-state index in [2.05, 4.69) is 14.8 Å². The molecule has 0 aliphatic carbocycles. The van der Waals surface area contributed by atoms with Crippen LogP contribution < -0.4 is 5.32 Å². The van der Waals surface area contributed by atoms with E-state index in [4.69, 9.17) is 0 Å². The Morgan fingerprint density at radius 3 is 1.75 bits per heavy atom. The van der Waals surface area contributed by atoms with Gasteiger partial charge in [0.25, 0.3) is 5.60 Å². The van der Waals surface area contributed by atoms with E-state index in [0.29, 0.717) is 7.11 Å². The zero-order chi connectivity index (χ0) is 21.0. The summed E-state index contributed by atoms with van der Waals surface area (Å²) in [6, 6.07) is 13.9. The minimum absolute atomic E-state index is 0.0309. The standard InChI is InChI=1S/C19H18F3NO5/c1-27-15(24)17(13-9-5-3-6-10-13,23-14-11-7-4-8-12-14)18(26,16(25)28-2)19(20,21)22/h3-12,23,26H,1-2H3/t17-,18-/m1/s1. The van der Waals surface area contributed by atoms with E-state index < -0.39 is 29.3 Å². The molecule has 150 valence electrons. The minimum Gasteiger partial charge on any atom is -0.467 e. The molecule has 0 aliphatic rings. The topological polar surface area (TPSA) is 84.9 Å². The summed E-state index contributed by atoms with van der Waals surface area (Å²) in [6.07, 6.45) is -5.61. The van der Waals surface area contributed by atoms with E-state index in [-0.39, 0.29) is 11.3 Å². The van der Waals surface area contributed by atoms with Crippen LogP contribution in [0.3, 0.4) is 0 Å². The number of anilines is 1. The first-order valence-electron chi connectivity index (χ1n) is 7.99. The van der Waals surface area contributed by atoms with Gasteiger partial charge in [0, 0.05) is 5.69 Å². The molecule has 0 heterocycles. The van der Waals surface area contributed by atoms with Crippen LogP contribution in [0.2, 0.25) is 0 Å². The van der Waals surface area contributed by atoms with Crippen molar-refractivity contribution >= 4 is 17.6 Å². The first-order valence-corrected chi connectivity index (χ1v) is 7.99. The lowest BCUT2D eigenvalue weighted by Crippen LogP contribution is -2.72. The Balaban J connectivity index is 2.93. The molecule has 2 aromatic carbocycles. The summed E-state index contributed by atoms with van der Waals surface area (Å²) in [5.74, 6) is -3.61. The SMILES string of the molecule is COC(=O)[C@](Nc1ccccc1)(c1ccccc1)[C@](O)(C(=O)OC)C(F)(F)F. The van der Waals surface area contributed by atoms with Gasteiger partial charge in [0.05, 0.1) is 14.2 Å². The molecule has 2 atom stereocenters. The fraction of sp³-hybridized carbons (Fsp3) is 0.263.